The highest BCUT2D eigenvalue weighted by Gasteiger charge is 2.16. The van der Waals surface area contributed by atoms with Gasteiger partial charge in [-0.05, 0) is 46.1 Å². The van der Waals surface area contributed by atoms with Gasteiger partial charge in [-0.1, -0.05) is 18.2 Å². The molecule has 1 N–H and O–H groups in total. The van der Waals surface area contributed by atoms with Gasteiger partial charge in [-0.25, -0.2) is 0 Å². The second-order valence-corrected chi connectivity index (χ2v) is 6.51. The lowest BCUT2D eigenvalue weighted by atomic mass is 10.1. The first-order valence-electron chi connectivity index (χ1n) is 7.62. The Hall–Kier alpha value is -1.06. The van der Waals surface area contributed by atoms with Crippen molar-refractivity contribution < 1.29 is 9.47 Å². The Morgan fingerprint density at radius 1 is 1.25 bits per heavy atom. The standard InChI is InChI=1S/C17H27NO2/c1-17(2,3)18-12-14-8-4-5-10-16(14)20-13-15-9-6-7-11-19-15/h4-5,8,10,15,18H,6-7,9,11-13H2,1-3H3. The van der Waals surface area contributed by atoms with E-state index in [1.807, 2.05) is 12.1 Å². The molecule has 0 bridgehead atoms. The fourth-order valence-corrected chi connectivity index (χ4v) is 2.27. The van der Waals surface area contributed by atoms with Crippen molar-refractivity contribution >= 4 is 0 Å². The van der Waals surface area contributed by atoms with Gasteiger partial charge in [0.05, 0.1) is 6.10 Å². The minimum absolute atomic E-state index is 0.111. The van der Waals surface area contributed by atoms with Crippen LogP contribution in [-0.2, 0) is 11.3 Å². The summed E-state index contributed by atoms with van der Waals surface area (Å²) in [5.41, 5.74) is 1.32. The SMILES string of the molecule is CC(C)(C)NCc1ccccc1OCC1CCCCO1. The smallest absolute Gasteiger partial charge is 0.123 e. The monoisotopic (exact) mass is 277 g/mol. The summed E-state index contributed by atoms with van der Waals surface area (Å²) >= 11 is 0. The number of rotatable bonds is 5. The summed E-state index contributed by atoms with van der Waals surface area (Å²) in [7, 11) is 0. The van der Waals surface area contributed by atoms with Gasteiger partial charge in [0.25, 0.3) is 0 Å². The van der Waals surface area contributed by atoms with Crippen LogP contribution in [0.2, 0.25) is 0 Å². The van der Waals surface area contributed by atoms with E-state index < -0.39 is 0 Å². The van der Waals surface area contributed by atoms with Gasteiger partial charge in [0.15, 0.2) is 0 Å². The van der Waals surface area contributed by atoms with Gasteiger partial charge in [-0.3, -0.25) is 0 Å². The molecule has 3 heteroatoms. The minimum atomic E-state index is 0.111. The number of hydrogen-bond donors (Lipinski definition) is 1. The first kappa shape index (κ1) is 15.3. The summed E-state index contributed by atoms with van der Waals surface area (Å²) in [5.74, 6) is 0.971. The Morgan fingerprint density at radius 3 is 2.75 bits per heavy atom. The molecule has 1 aromatic rings. The molecule has 0 radical (unpaired) electrons. The van der Waals surface area contributed by atoms with Gasteiger partial charge in [0.2, 0.25) is 0 Å². The lowest BCUT2D eigenvalue weighted by Gasteiger charge is -2.24. The zero-order chi connectivity index (χ0) is 14.4. The maximum atomic E-state index is 5.98. The maximum Gasteiger partial charge on any atom is 0.123 e. The third-order valence-corrected chi connectivity index (χ3v) is 3.48. The lowest BCUT2D eigenvalue weighted by Crippen LogP contribution is -2.35. The highest BCUT2D eigenvalue weighted by molar-refractivity contribution is 5.33. The summed E-state index contributed by atoms with van der Waals surface area (Å²) in [6.45, 7) is 8.88. The summed E-state index contributed by atoms with van der Waals surface area (Å²) in [5, 5.41) is 3.51. The fourth-order valence-electron chi connectivity index (χ4n) is 2.27. The Balaban J connectivity index is 1.89. The molecule has 0 aromatic heterocycles. The molecule has 1 heterocycles. The van der Waals surface area contributed by atoms with Crippen molar-refractivity contribution in [2.75, 3.05) is 13.2 Å². The van der Waals surface area contributed by atoms with Crippen molar-refractivity contribution in [2.45, 2.75) is 58.2 Å². The van der Waals surface area contributed by atoms with Crippen LogP contribution in [0.25, 0.3) is 0 Å². The molecule has 0 saturated carbocycles. The quantitative estimate of drug-likeness (QED) is 0.893. The van der Waals surface area contributed by atoms with E-state index in [-0.39, 0.29) is 11.6 Å². The molecule has 0 amide bonds. The molecule has 112 valence electrons. The van der Waals surface area contributed by atoms with Crippen LogP contribution in [0.5, 0.6) is 5.75 Å². The average Bonchev–Trinajstić information content (AvgIpc) is 2.44. The predicted octanol–water partition coefficient (Wildman–Crippen LogP) is 3.52. The van der Waals surface area contributed by atoms with Gasteiger partial charge >= 0.3 is 0 Å². The number of benzene rings is 1. The van der Waals surface area contributed by atoms with Gasteiger partial charge in [-0.15, -0.1) is 0 Å². The minimum Gasteiger partial charge on any atom is -0.491 e. The number of ether oxygens (including phenoxy) is 2. The van der Waals surface area contributed by atoms with Crippen LogP contribution in [0.4, 0.5) is 0 Å². The highest BCUT2D eigenvalue weighted by atomic mass is 16.5. The van der Waals surface area contributed by atoms with Crippen molar-refractivity contribution in [3.05, 3.63) is 29.8 Å². The van der Waals surface area contributed by atoms with E-state index in [1.54, 1.807) is 0 Å². The van der Waals surface area contributed by atoms with E-state index in [2.05, 4.69) is 38.2 Å². The van der Waals surface area contributed by atoms with Gasteiger partial charge < -0.3 is 14.8 Å². The van der Waals surface area contributed by atoms with E-state index in [0.717, 1.165) is 25.3 Å². The molecular weight excluding hydrogens is 250 g/mol. The summed E-state index contributed by atoms with van der Waals surface area (Å²) in [6.07, 6.45) is 3.80. The first-order chi connectivity index (χ1) is 9.54. The highest BCUT2D eigenvalue weighted by Crippen LogP contribution is 2.21. The number of hydrogen-bond acceptors (Lipinski definition) is 3. The normalized spacial score (nSPS) is 19.9. The van der Waals surface area contributed by atoms with Crippen molar-refractivity contribution in [1.82, 2.24) is 5.32 Å². The molecule has 1 saturated heterocycles. The average molecular weight is 277 g/mol. The molecule has 20 heavy (non-hydrogen) atoms. The van der Waals surface area contributed by atoms with Crippen LogP contribution < -0.4 is 10.1 Å². The molecule has 1 fully saturated rings. The van der Waals surface area contributed by atoms with Crippen LogP contribution >= 0.6 is 0 Å². The summed E-state index contributed by atoms with van der Waals surface area (Å²) in [6, 6.07) is 8.25. The van der Waals surface area contributed by atoms with Crippen molar-refractivity contribution in [2.24, 2.45) is 0 Å². The Labute approximate surface area is 122 Å². The predicted molar refractivity (Wildman–Crippen MR) is 82.1 cm³/mol. The maximum absolute atomic E-state index is 5.98. The molecule has 1 atom stereocenters. The third kappa shape index (κ3) is 5.14. The first-order valence-corrected chi connectivity index (χ1v) is 7.62. The lowest BCUT2D eigenvalue weighted by molar-refractivity contribution is -0.0112. The Bertz CT molecular complexity index is 406. The number of nitrogens with one attached hydrogen (secondary N) is 1. The van der Waals surface area contributed by atoms with Gasteiger partial charge in [0, 0.05) is 24.3 Å². The molecule has 1 aliphatic rings. The molecular formula is C17H27NO2. The van der Waals surface area contributed by atoms with E-state index in [4.69, 9.17) is 9.47 Å². The zero-order valence-corrected chi connectivity index (χ0v) is 12.9. The van der Waals surface area contributed by atoms with Gasteiger partial charge in [0.1, 0.15) is 12.4 Å². The Morgan fingerprint density at radius 2 is 2.05 bits per heavy atom. The molecule has 2 rings (SSSR count). The van der Waals surface area contributed by atoms with Gasteiger partial charge in [-0.2, -0.15) is 0 Å². The molecule has 0 aliphatic carbocycles. The van der Waals surface area contributed by atoms with Crippen LogP contribution in [0.1, 0.15) is 45.6 Å². The summed E-state index contributed by atoms with van der Waals surface area (Å²) < 4.78 is 11.7. The van der Waals surface area contributed by atoms with E-state index in [0.29, 0.717) is 6.61 Å². The molecule has 0 spiro atoms. The van der Waals surface area contributed by atoms with E-state index in [1.165, 1.54) is 18.4 Å². The second kappa shape index (κ2) is 7.09. The zero-order valence-electron chi connectivity index (χ0n) is 12.9. The van der Waals surface area contributed by atoms with Crippen LogP contribution in [0, 0.1) is 0 Å². The molecule has 1 aromatic carbocycles. The van der Waals surface area contributed by atoms with Crippen LogP contribution in [-0.4, -0.2) is 24.9 Å². The fraction of sp³-hybridized carbons (Fsp3) is 0.647. The third-order valence-electron chi connectivity index (χ3n) is 3.48. The largest absolute Gasteiger partial charge is 0.491 e. The molecule has 3 nitrogen and oxygen atoms in total. The molecule has 1 unspecified atom stereocenters. The van der Waals surface area contributed by atoms with E-state index >= 15 is 0 Å². The summed E-state index contributed by atoms with van der Waals surface area (Å²) in [4.78, 5) is 0. The second-order valence-electron chi connectivity index (χ2n) is 6.51. The van der Waals surface area contributed by atoms with Crippen LogP contribution in [0.3, 0.4) is 0 Å². The molecule has 1 aliphatic heterocycles. The van der Waals surface area contributed by atoms with Crippen LogP contribution in [0.15, 0.2) is 24.3 Å². The van der Waals surface area contributed by atoms with Crippen molar-refractivity contribution in [3.63, 3.8) is 0 Å². The van der Waals surface area contributed by atoms with Crippen molar-refractivity contribution in [3.8, 4) is 5.75 Å². The topological polar surface area (TPSA) is 30.5 Å². The Kier molecular flexibility index (Phi) is 5.44. The number of para-hydroxylation sites is 1. The van der Waals surface area contributed by atoms with Crippen molar-refractivity contribution in [1.29, 1.82) is 0 Å². The van der Waals surface area contributed by atoms with E-state index in [9.17, 15) is 0 Å².